The van der Waals surface area contributed by atoms with Gasteiger partial charge >= 0.3 is 29.6 Å². The minimum atomic E-state index is -3.63. The van der Waals surface area contributed by atoms with Crippen LogP contribution >= 0.6 is 0 Å². The van der Waals surface area contributed by atoms with E-state index in [0.29, 0.717) is 0 Å². The van der Waals surface area contributed by atoms with Crippen molar-refractivity contribution in [3.05, 3.63) is 0 Å². The van der Waals surface area contributed by atoms with Crippen molar-refractivity contribution in [2.75, 3.05) is 0 Å². The van der Waals surface area contributed by atoms with Crippen molar-refractivity contribution in [1.29, 1.82) is 0 Å². The maximum absolute atomic E-state index is 8.52. The molecule has 0 aromatic carbocycles. The van der Waals surface area contributed by atoms with Gasteiger partial charge in [-0.05, 0) is 0 Å². The zero-order valence-corrected chi connectivity index (χ0v) is 5.72. The standard InChI is InChI=1S/Na.O3Si/c;1-4(2)3/q+1;-2. The molecule has 0 spiro atoms. The first-order chi connectivity index (χ1) is 1.73. The second-order valence-electron chi connectivity index (χ2n) is 0.250. The summed E-state index contributed by atoms with van der Waals surface area (Å²) in [4.78, 5) is 17.0. The Bertz CT molecular complexity index is 29.9. The fraction of sp³-hybridized carbons (Fsp3) is 0. The smallest absolute Gasteiger partial charge is 0.672 e. The molecular formula is NaO3Si-. The van der Waals surface area contributed by atoms with Crippen LogP contribution in [0.4, 0.5) is 0 Å². The van der Waals surface area contributed by atoms with Gasteiger partial charge in [0.25, 0.3) is 0 Å². The van der Waals surface area contributed by atoms with E-state index in [4.69, 9.17) is 14.1 Å². The van der Waals surface area contributed by atoms with Crippen LogP contribution in [0, 0.1) is 0 Å². The number of rotatable bonds is 0. The molecule has 0 aromatic rings. The van der Waals surface area contributed by atoms with Crippen molar-refractivity contribution in [1.82, 2.24) is 0 Å². The van der Waals surface area contributed by atoms with E-state index < -0.39 is 9.17 Å². The maximum Gasteiger partial charge on any atom is 1.00 e. The Hall–Kier alpha value is 0.617. The Kier molecular flexibility index (Phi) is 8.45. The molecule has 0 aromatic heterocycles. The maximum atomic E-state index is 8.52. The topological polar surface area (TPSA) is 63.2 Å². The Labute approximate surface area is 52.8 Å². The van der Waals surface area contributed by atoms with Gasteiger partial charge in [0, 0.05) is 9.17 Å². The van der Waals surface area contributed by atoms with Crippen LogP contribution in [0.1, 0.15) is 0 Å². The molecule has 0 aliphatic rings. The predicted molar refractivity (Wildman–Crippen MR) is 6.44 cm³/mol. The van der Waals surface area contributed by atoms with Crippen molar-refractivity contribution >= 4 is 9.17 Å². The molecule has 5 heavy (non-hydrogen) atoms. The second kappa shape index (κ2) is 4.62. The molecule has 0 heterocycles. The molecule has 0 atom stereocenters. The van der Waals surface area contributed by atoms with Gasteiger partial charge in [-0.25, -0.2) is 0 Å². The van der Waals surface area contributed by atoms with E-state index in [1.54, 1.807) is 0 Å². The molecule has 5 heteroatoms. The average molecular weight is 99.1 g/mol. The van der Waals surface area contributed by atoms with Gasteiger partial charge in [0.15, 0.2) is 0 Å². The summed E-state index contributed by atoms with van der Waals surface area (Å²) in [5, 5.41) is 0. The largest absolute Gasteiger partial charge is 1.00 e. The summed E-state index contributed by atoms with van der Waals surface area (Å²) in [6, 6.07) is 0. The van der Waals surface area contributed by atoms with Gasteiger partial charge in [0.05, 0.1) is 0 Å². The van der Waals surface area contributed by atoms with E-state index in [9.17, 15) is 0 Å². The number of hydrogen-bond donors (Lipinski definition) is 0. The molecule has 0 saturated carbocycles. The zero-order chi connectivity index (χ0) is 3.58. The Balaban J connectivity index is 0. The predicted octanol–water partition coefficient (Wildman–Crippen LogP) is -5.87. The zero-order valence-electron chi connectivity index (χ0n) is 2.72. The molecule has 0 radical (unpaired) electrons. The van der Waals surface area contributed by atoms with Crippen molar-refractivity contribution < 1.29 is 43.6 Å². The fourth-order valence-corrected chi connectivity index (χ4v) is 0. The van der Waals surface area contributed by atoms with Crippen LogP contribution in [-0.4, -0.2) is 9.17 Å². The first-order valence-electron chi connectivity index (χ1n) is 0.612. The van der Waals surface area contributed by atoms with Gasteiger partial charge in [0.2, 0.25) is 0 Å². The number of hydrogen-bond acceptors (Lipinski definition) is 3. The quantitative estimate of drug-likeness (QED) is 0.284. The molecular weight excluding hydrogens is 99.1 g/mol. The third kappa shape index (κ3) is 83.1. The normalized spacial score (nSPS) is 4.80. The summed E-state index contributed by atoms with van der Waals surface area (Å²) in [6.07, 6.45) is 0. The molecule has 0 saturated heterocycles. The van der Waals surface area contributed by atoms with Crippen molar-refractivity contribution in [3.63, 3.8) is 0 Å². The van der Waals surface area contributed by atoms with E-state index in [0.717, 1.165) is 0 Å². The minimum Gasteiger partial charge on any atom is -0.672 e. The van der Waals surface area contributed by atoms with Crippen LogP contribution in [0.3, 0.4) is 0 Å². The summed E-state index contributed by atoms with van der Waals surface area (Å²) in [6.45, 7) is 0. The third-order valence-corrected chi connectivity index (χ3v) is 0. The molecule has 0 bridgehead atoms. The molecule has 0 aliphatic carbocycles. The van der Waals surface area contributed by atoms with E-state index >= 15 is 0 Å². The summed E-state index contributed by atoms with van der Waals surface area (Å²) >= 11 is 0. The summed E-state index contributed by atoms with van der Waals surface area (Å²) in [7, 11) is -3.63. The third-order valence-electron chi connectivity index (χ3n) is 0. The van der Waals surface area contributed by atoms with Gasteiger partial charge in [-0.2, -0.15) is 0 Å². The van der Waals surface area contributed by atoms with E-state index in [1.165, 1.54) is 0 Å². The van der Waals surface area contributed by atoms with Crippen LogP contribution in [-0.2, 0) is 4.46 Å². The van der Waals surface area contributed by atoms with Crippen LogP contribution in [0.2, 0.25) is 0 Å². The van der Waals surface area contributed by atoms with Gasteiger partial charge in [-0.1, -0.05) is 0 Å². The second-order valence-corrected chi connectivity index (χ2v) is 0.750. The SMILES string of the molecule is O=[Si]([O-])[O-].[Na+]. The van der Waals surface area contributed by atoms with Crippen molar-refractivity contribution in [2.45, 2.75) is 0 Å². The monoisotopic (exact) mass is 99.0 g/mol. The molecule has 0 aliphatic heterocycles. The molecule has 3 nitrogen and oxygen atoms in total. The Morgan fingerprint density at radius 2 is 1.40 bits per heavy atom. The average Bonchev–Trinajstić information content (AvgIpc) is 0.811. The van der Waals surface area contributed by atoms with E-state index in [1.807, 2.05) is 0 Å². The first kappa shape index (κ1) is 9.15. The molecule has 0 amide bonds. The van der Waals surface area contributed by atoms with Gasteiger partial charge in [-0.15, -0.1) is 0 Å². The van der Waals surface area contributed by atoms with Gasteiger partial charge < -0.3 is 14.1 Å². The molecule has 0 rings (SSSR count). The Morgan fingerprint density at radius 3 is 1.40 bits per heavy atom. The summed E-state index contributed by atoms with van der Waals surface area (Å²) < 4.78 is 8.52. The Morgan fingerprint density at radius 1 is 1.40 bits per heavy atom. The molecule has 24 valence electrons. The molecule has 0 unspecified atom stereocenters. The van der Waals surface area contributed by atoms with E-state index in [-0.39, 0.29) is 29.6 Å². The minimum absolute atomic E-state index is 0. The van der Waals surface area contributed by atoms with Crippen LogP contribution in [0.25, 0.3) is 0 Å². The van der Waals surface area contributed by atoms with E-state index in [2.05, 4.69) is 0 Å². The summed E-state index contributed by atoms with van der Waals surface area (Å²) in [5.74, 6) is 0. The van der Waals surface area contributed by atoms with Crippen LogP contribution in [0.15, 0.2) is 0 Å². The molecule has 0 fully saturated rings. The summed E-state index contributed by atoms with van der Waals surface area (Å²) in [5.41, 5.74) is 0. The van der Waals surface area contributed by atoms with Crippen molar-refractivity contribution in [3.8, 4) is 0 Å². The molecule has 0 N–H and O–H groups in total. The fourth-order valence-electron chi connectivity index (χ4n) is 0. The van der Waals surface area contributed by atoms with Gasteiger partial charge in [0.1, 0.15) is 0 Å². The van der Waals surface area contributed by atoms with Crippen molar-refractivity contribution in [2.24, 2.45) is 0 Å². The first-order valence-corrected chi connectivity index (χ1v) is 1.84. The van der Waals surface area contributed by atoms with Crippen LogP contribution < -0.4 is 39.1 Å². The van der Waals surface area contributed by atoms with Crippen LogP contribution in [0.5, 0.6) is 0 Å². The van der Waals surface area contributed by atoms with Gasteiger partial charge in [-0.3, -0.25) is 0 Å².